The lowest BCUT2D eigenvalue weighted by molar-refractivity contribution is -0.0766. The van der Waals surface area contributed by atoms with E-state index in [0.29, 0.717) is 0 Å². The summed E-state index contributed by atoms with van der Waals surface area (Å²) in [5.41, 5.74) is 1.57. The Bertz CT molecular complexity index is 558. The first-order valence-electron chi connectivity index (χ1n) is 9.77. The maximum atomic E-state index is 9.88. The molecule has 3 nitrogen and oxygen atoms in total. The molecule has 0 radical (unpaired) electrons. The quantitative estimate of drug-likeness (QED) is 0.544. The number of benzene rings is 2. The predicted octanol–water partition coefficient (Wildman–Crippen LogP) is 4.66. The molecule has 0 saturated heterocycles. The first-order chi connectivity index (χ1) is 12.7. The normalized spacial score (nSPS) is 12.9. The Morgan fingerprint density at radius 2 is 1.38 bits per heavy atom. The average Bonchev–Trinajstić information content (AvgIpc) is 2.71. The largest absolute Gasteiger partial charge is 0.394 e. The van der Waals surface area contributed by atoms with Gasteiger partial charge in [0.05, 0.1) is 13.2 Å². The number of unbranched alkanes of at least 4 members (excludes halogenated alkanes) is 4. The van der Waals surface area contributed by atoms with E-state index >= 15 is 0 Å². The molecule has 2 rings (SSSR count). The number of hydrogen-bond donors (Lipinski definition) is 2. The van der Waals surface area contributed by atoms with Crippen LogP contribution < -0.4 is 0 Å². The highest BCUT2D eigenvalue weighted by atomic mass is 16.5. The maximum absolute atomic E-state index is 9.88. The van der Waals surface area contributed by atoms with Gasteiger partial charge in [-0.1, -0.05) is 93.3 Å². The van der Waals surface area contributed by atoms with Crippen LogP contribution in [0.2, 0.25) is 0 Å². The van der Waals surface area contributed by atoms with Crippen molar-refractivity contribution in [3.8, 4) is 0 Å². The summed E-state index contributed by atoms with van der Waals surface area (Å²) < 4.78 is 6.35. The number of ether oxygens (including phenoxy) is 1. The molecule has 0 saturated carbocycles. The fraction of sp³-hybridized carbons (Fsp3) is 0.478. The van der Waals surface area contributed by atoms with Crippen LogP contribution in [0.5, 0.6) is 0 Å². The summed E-state index contributed by atoms with van der Waals surface area (Å²) in [6, 6.07) is 20.5. The van der Waals surface area contributed by atoms with Gasteiger partial charge < -0.3 is 14.9 Å². The summed E-state index contributed by atoms with van der Waals surface area (Å²) in [5, 5.41) is 19.1. The van der Waals surface area contributed by atoms with Crippen molar-refractivity contribution in [3.63, 3.8) is 0 Å². The maximum Gasteiger partial charge on any atom is 0.118 e. The number of rotatable bonds is 12. The number of aliphatic hydroxyl groups excluding tert-OH is 2. The van der Waals surface area contributed by atoms with Gasteiger partial charge in [-0.05, 0) is 24.0 Å². The van der Waals surface area contributed by atoms with Crippen LogP contribution >= 0.6 is 0 Å². The molecule has 0 heterocycles. The molecule has 2 N–H and O–H groups in total. The van der Waals surface area contributed by atoms with Gasteiger partial charge in [0.15, 0.2) is 0 Å². The standard InChI is InChI=1S/C23H32O3/c1-2-3-4-5-12-17-23(26-19-22(25)18-24,20-13-8-6-9-14-20)21-15-10-7-11-16-21/h6-11,13-16,22,24-25H,2-5,12,17-19H2,1H3. The fourth-order valence-electron chi connectivity index (χ4n) is 3.38. The van der Waals surface area contributed by atoms with Crippen LogP contribution in [0.3, 0.4) is 0 Å². The molecule has 0 bridgehead atoms. The summed E-state index contributed by atoms with van der Waals surface area (Å²) >= 11 is 0. The zero-order valence-electron chi connectivity index (χ0n) is 15.8. The number of aliphatic hydroxyl groups is 2. The molecular formula is C23H32O3. The van der Waals surface area contributed by atoms with E-state index in [1.54, 1.807) is 0 Å². The molecule has 26 heavy (non-hydrogen) atoms. The van der Waals surface area contributed by atoms with E-state index in [2.05, 4.69) is 31.2 Å². The minimum Gasteiger partial charge on any atom is -0.394 e. The van der Waals surface area contributed by atoms with Crippen LogP contribution in [0.25, 0.3) is 0 Å². The summed E-state index contributed by atoms with van der Waals surface area (Å²) in [7, 11) is 0. The van der Waals surface area contributed by atoms with E-state index in [0.717, 1.165) is 24.0 Å². The van der Waals surface area contributed by atoms with Crippen LogP contribution in [-0.2, 0) is 10.3 Å². The lowest BCUT2D eigenvalue weighted by Crippen LogP contribution is -2.35. The molecule has 2 aromatic rings. The van der Waals surface area contributed by atoms with Crippen molar-refractivity contribution in [2.75, 3.05) is 13.2 Å². The van der Waals surface area contributed by atoms with Crippen molar-refractivity contribution in [3.05, 3.63) is 71.8 Å². The zero-order valence-corrected chi connectivity index (χ0v) is 15.8. The highest BCUT2D eigenvalue weighted by Gasteiger charge is 2.35. The monoisotopic (exact) mass is 356 g/mol. The van der Waals surface area contributed by atoms with Crippen molar-refractivity contribution in [1.29, 1.82) is 0 Å². The molecule has 3 heteroatoms. The Balaban J connectivity index is 2.31. The van der Waals surface area contributed by atoms with Crippen LogP contribution in [0.4, 0.5) is 0 Å². The summed E-state index contributed by atoms with van der Waals surface area (Å²) in [6.45, 7) is 2.03. The highest BCUT2D eigenvalue weighted by molar-refractivity contribution is 5.36. The second-order valence-electron chi connectivity index (χ2n) is 6.87. The van der Waals surface area contributed by atoms with Gasteiger partial charge in [0, 0.05) is 0 Å². The molecule has 1 atom stereocenters. The van der Waals surface area contributed by atoms with E-state index in [9.17, 15) is 10.2 Å². The third-order valence-corrected chi connectivity index (χ3v) is 4.85. The number of hydrogen-bond acceptors (Lipinski definition) is 3. The summed E-state index contributed by atoms with van der Waals surface area (Å²) in [5.74, 6) is 0. The third-order valence-electron chi connectivity index (χ3n) is 4.85. The molecule has 0 aromatic heterocycles. The van der Waals surface area contributed by atoms with E-state index in [-0.39, 0.29) is 13.2 Å². The predicted molar refractivity (Wildman–Crippen MR) is 106 cm³/mol. The molecule has 0 fully saturated rings. The molecule has 0 aliphatic rings. The van der Waals surface area contributed by atoms with Crippen molar-refractivity contribution < 1.29 is 14.9 Å². The average molecular weight is 357 g/mol. The third kappa shape index (κ3) is 5.66. The fourth-order valence-corrected chi connectivity index (χ4v) is 3.38. The SMILES string of the molecule is CCCCCCCC(OCC(O)CO)(c1ccccc1)c1ccccc1. The molecule has 0 aliphatic carbocycles. The Morgan fingerprint density at radius 3 is 1.88 bits per heavy atom. The van der Waals surface area contributed by atoms with Crippen LogP contribution in [-0.4, -0.2) is 29.5 Å². The van der Waals surface area contributed by atoms with Gasteiger partial charge in [-0.25, -0.2) is 0 Å². The van der Waals surface area contributed by atoms with E-state index < -0.39 is 11.7 Å². The van der Waals surface area contributed by atoms with Gasteiger partial charge in [0.2, 0.25) is 0 Å². The van der Waals surface area contributed by atoms with Crippen LogP contribution in [0.15, 0.2) is 60.7 Å². The lowest BCUT2D eigenvalue weighted by Gasteiger charge is -2.36. The van der Waals surface area contributed by atoms with E-state index in [1.165, 1.54) is 25.7 Å². The van der Waals surface area contributed by atoms with E-state index in [4.69, 9.17) is 4.74 Å². The van der Waals surface area contributed by atoms with Gasteiger partial charge in [-0.2, -0.15) is 0 Å². The Morgan fingerprint density at radius 1 is 0.846 bits per heavy atom. The molecule has 0 amide bonds. The molecule has 142 valence electrons. The molecule has 0 spiro atoms. The van der Waals surface area contributed by atoms with E-state index in [1.807, 2.05) is 36.4 Å². The highest BCUT2D eigenvalue weighted by Crippen LogP contribution is 2.39. The van der Waals surface area contributed by atoms with Crippen molar-refractivity contribution in [2.24, 2.45) is 0 Å². The molecular weight excluding hydrogens is 324 g/mol. The first-order valence-corrected chi connectivity index (χ1v) is 9.77. The summed E-state index contributed by atoms with van der Waals surface area (Å²) in [4.78, 5) is 0. The van der Waals surface area contributed by atoms with Crippen molar-refractivity contribution in [2.45, 2.75) is 57.2 Å². The lowest BCUT2D eigenvalue weighted by atomic mass is 9.81. The topological polar surface area (TPSA) is 49.7 Å². The molecule has 2 aromatic carbocycles. The Labute approximate surface area is 157 Å². The second kappa shape index (κ2) is 11.1. The zero-order chi connectivity index (χ0) is 18.7. The van der Waals surface area contributed by atoms with Crippen LogP contribution in [0.1, 0.15) is 56.6 Å². The van der Waals surface area contributed by atoms with Gasteiger partial charge >= 0.3 is 0 Å². The molecule has 1 unspecified atom stereocenters. The summed E-state index contributed by atoms with van der Waals surface area (Å²) in [6.07, 6.45) is 5.91. The van der Waals surface area contributed by atoms with Gasteiger partial charge in [-0.15, -0.1) is 0 Å². The smallest absolute Gasteiger partial charge is 0.118 e. The van der Waals surface area contributed by atoms with Crippen LogP contribution in [0, 0.1) is 0 Å². The Kier molecular flexibility index (Phi) is 8.82. The second-order valence-corrected chi connectivity index (χ2v) is 6.87. The van der Waals surface area contributed by atoms with Gasteiger partial charge in [0.1, 0.15) is 11.7 Å². The van der Waals surface area contributed by atoms with Crippen molar-refractivity contribution in [1.82, 2.24) is 0 Å². The minimum absolute atomic E-state index is 0.106. The van der Waals surface area contributed by atoms with Crippen molar-refractivity contribution >= 4 is 0 Å². The van der Waals surface area contributed by atoms with Gasteiger partial charge in [-0.3, -0.25) is 0 Å². The Hall–Kier alpha value is -1.68. The minimum atomic E-state index is -0.873. The van der Waals surface area contributed by atoms with Gasteiger partial charge in [0.25, 0.3) is 0 Å². The first kappa shape index (κ1) is 20.6. The molecule has 0 aliphatic heterocycles.